The molecule has 2 aromatic rings. The summed E-state index contributed by atoms with van der Waals surface area (Å²) in [4.78, 5) is 25.8. The molecule has 26 heavy (non-hydrogen) atoms. The SMILES string of the molecule is CC(=O)c1ccc(C(=O)N2CCC(OCCc3ccccc3)CC2)cc1. The van der Waals surface area contributed by atoms with Gasteiger partial charge in [0.05, 0.1) is 12.7 Å². The Morgan fingerprint density at radius 2 is 1.58 bits per heavy atom. The second kappa shape index (κ2) is 8.77. The normalized spacial score (nSPS) is 15.0. The molecule has 3 rings (SSSR count). The van der Waals surface area contributed by atoms with Gasteiger partial charge in [0.2, 0.25) is 0 Å². The maximum Gasteiger partial charge on any atom is 0.253 e. The highest BCUT2D eigenvalue weighted by atomic mass is 16.5. The first kappa shape index (κ1) is 18.3. The average molecular weight is 351 g/mol. The van der Waals surface area contributed by atoms with Gasteiger partial charge in [0.25, 0.3) is 5.91 Å². The monoisotopic (exact) mass is 351 g/mol. The van der Waals surface area contributed by atoms with Crippen LogP contribution in [-0.2, 0) is 11.2 Å². The third-order valence-electron chi connectivity index (χ3n) is 4.85. The Bertz CT molecular complexity index is 732. The Hall–Kier alpha value is -2.46. The van der Waals surface area contributed by atoms with Crippen LogP contribution in [0.1, 0.15) is 46.0 Å². The fourth-order valence-corrected chi connectivity index (χ4v) is 3.24. The van der Waals surface area contributed by atoms with E-state index in [0.29, 0.717) is 24.2 Å². The predicted octanol–water partition coefficient (Wildman–Crippen LogP) is 3.75. The lowest BCUT2D eigenvalue weighted by Gasteiger charge is -2.32. The van der Waals surface area contributed by atoms with Crippen molar-refractivity contribution in [2.75, 3.05) is 19.7 Å². The second-order valence-electron chi connectivity index (χ2n) is 6.73. The highest BCUT2D eigenvalue weighted by Crippen LogP contribution is 2.17. The molecule has 0 N–H and O–H groups in total. The molecule has 0 spiro atoms. The van der Waals surface area contributed by atoms with Crippen LogP contribution in [0.15, 0.2) is 54.6 Å². The van der Waals surface area contributed by atoms with Crippen LogP contribution in [-0.4, -0.2) is 42.4 Å². The number of likely N-dealkylation sites (tertiary alicyclic amines) is 1. The van der Waals surface area contributed by atoms with Gasteiger partial charge in [0, 0.05) is 24.2 Å². The first-order valence-corrected chi connectivity index (χ1v) is 9.19. The van der Waals surface area contributed by atoms with Crippen molar-refractivity contribution in [3.05, 3.63) is 71.3 Å². The van der Waals surface area contributed by atoms with Crippen molar-refractivity contribution >= 4 is 11.7 Å². The first-order chi connectivity index (χ1) is 12.6. The highest BCUT2D eigenvalue weighted by molar-refractivity contribution is 5.97. The van der Waals surface area contributed by atoms with Crippen molar-refractivity contribution in [2.24, 2.45) is 0 Å². The van der Waals surface area contributed by atoms with Gasteiger partial charge < -0.3 is 9.64 Å². The van der Waals surface area contributed by atoms with E-state index in [0.717, 1.165) is 25.9 Å². The molecule has 0 bridgehead atoms. The maximum absolute atomic E-state index is 12.6. The smallest absolute Gasteiger partial charge is 0.253 e. The van der Waals surface area contributed by atoms with E-state index < -0.39 is 0 Å². The lowest BCUT2D eigenvalue weighted by molar-refractivity contribution is 0.0100. The number of nitrogens with zero attached hydrogens (tertiary/aromatic N) is 1. The Labute approximate surface area is 154 Å². The number of amides is 1. The number of piperidine rings is 1. The average Bonchev–Trinajstić information content (AvgIpc) is 2.69. The summed E-state index contributed by atoms with van der Waals surface area (Å²) in [6.45, 7) is 3.67. The zero-order chi connectivity index (χ0) is 18.4. The molecule has 4 nitrogen and oxygen atoms in total. The quantitative estimate of drug-likeness (QED) is 0.745. The Morgan fingerprint density at radius 1 is 0.962 bits per heavy atom. The number of ether oxygens (including phenoxy) is 1. The Kier molecular flexibility index (Phi) is 6.18. The largest absolute Gasteiger partial charge is 0.378 e. The number of benzene rings is 2. The summed E-state index contributed by atoms with van der Waals surface area (Å²) in [6.07, 6.45) is 2.88. The van der Waals surface area contributed by atoms with Crippen LogP contribution in [0.5, 0.6) is 0 Å². The lowest BCUT2D eigenvalue weighted by Crippen LogP contribution is -2.41. The minimum atomic E-state index is 0.0115. The summed E-state index contributed by atoms with van der Waals surface area (Å²) in [5.41, 5.74) is 2.56. The zero-order valence-electron chi connectivity index (χ0n) is 15.2. The molecule has 1 aliphatic heterocycles. The molecule has 2 aromatic carbocycles. The minimum absolute atomic E-state index is 0.0115. The molecular formula is C22H25NO3. The van der Waals surface area contributed by atoms with Crippen molar-refractivity contribution in [3.63, 3.8) is 0 Å². The molecule has 0 atom stereocenters. The van der Waals surface area contributed by atoms with Crippen LogP contribution in [0.3, 0.4) is 0 Å². The summed E-state index contributed by atoms with van der Waals surface area (Å²) < 4.78 is 5.99. The predicted molar refractivity (Wildman–Crippen MR) is 101 cm³/mol. The summed E-state index contributed by atoms with van der Waals surface area (Å²) in [7, 11) is 0. The number of Topliss-reactive ketones (excluding diaryl/α,β-unsaturated/α-hetero) is 1. The van der Waals surface area contributed by atoms with E-state index in [1.165, 1.54) is 12.5 Å². The van der Waals surface area contributed by atoms with E-state index >= 15 is 0 Å². The van der Waals surface area contributed by atoms with Gasteiger partial charge in [-0.1, -0.05) is 42.5 Å². The number of hydrogen-bond donors (Lipinski definition) is 0. The molecule has 0 aromatic heterocycles. The standard InChI is InChI=1S/C22H25NO3/c1-17(24)19-7-9-20(10-8-19)22(25)23-14-11-21(12-15-23)26-16-13-18-5-3-2-4-6-18/h2-10,21H,11-16H2,1H3. The molecule has 1 aliphatic rings. The summed E-state index contributed by atoms with van der Waals surface area (Å²) in [5, 5.41) is 0. The molecule has 0 radical (unpaired) electrons. The number of rotatable bonds is 6. The van der Waals surface area contributed by atoms with Gasteiger partial charge in [0.15, 0.2) is 5.78 Å². The minimum Gasteiger partial charge on any atom is -0.378 e. The number of carbonyl (C=O) groups is 2. The van der Waals surface area contributed by atoms with Gasteiger partial charge in [-0.3, -0.25) is 9.59 Å². The summed E-state index contributed by atoms with van der Waals surface area (Å²) in [5.74, 6) is 0.0419. The second-order valence-corrected chi connectivity index (χ2v) is 6.73. The number of hydrogen-bond acceptors (Lipinski definition) is 3. The molecule has 0 unspecified atom stereocenters. The summed E-state index contributed by atoms with van der Waals surface area (Å²) >= 11 is 0. The lowest BCUT2D eigenvalue weighted by atomic mass is 10.0. The van der Waals surface area contributed by atoms with Crippen molar-refractivity contribution in [2.45, 2.75) is 32.3 Å². The van der Waals surface area contributed by atoms with Crippen molar-refractivity contribution in [1.29, 1.82) is 0 Å². The van der Waals surface area contributed by atoms with Gasteiger partial charge in [-0.05, 0) is 43.9 Å². The molecule has 1 amide bonds. The topological polar surface area (TPSA) is 46.6 Å². The van der Waals surface area contributed by atoms with Crippen LogP contribution in [0.4, 0.5) is 0 Å². The highest BCUT2D eigenvalue weighted by Gasteiger charge is 2.24. The van der Waals surface area contributed by atoms with Gasteiger partial charge in [0.1, 0.15) is 0 Å². The van der Waals surface area contributed by atoms with E-state index in [4.69, 9.17) is 4.74 Å². The van der Waals surface area contributed by atoms with Crippen LogP contribution in [0, 0.1) is 0 Å². The van der Waals surface area contributed by atoms with Gasteiger partial charge in [-0.25, -0.2) is 0 Å². The third kappa shape index (κ3) is 4.79. The molecule has 1 heterocycles. The Morgan fingerprint density at radius 3 is 2.19 bits per heavy atom. The van der Waals surface area contributed by atoms with E-state index in [1.54, 1.807) is 24.3 Å². The number of carbonyl (C=O) groups excluding carboxylic acids is 2. The fraction of sp³-hybridized carbons (Fsp3) is 0.364. The number of ketones is 1. The molecule has 0 saturated carbocycles. The fourth-order valence-electron chi connectivity index (χ4n) is 3.24. The van der Waals surface area contributed by atoms with Crippen LogP contribution in [0.2, 0.25) is 0 Å². The molecule has 1 fully saturated rings. The molecule has 4 heteroatoms. The van der Waals surface area contributed by atoms with Gasteiger partial charge in [-0.2, -0.15) is 0 Å². The van der Waals surface area contributed by atoms with E-state index in [-0.39, 0.29) is 17.8 Å². The summed E-state index contributed by atoms with van der Waals surface area (Å²) in [6, 6.07) is 17.2. The van der Waals surface area contributed by atoms with E-state index in [2.05, 4.69) is 12.1 Å². The van der Waals surface area contributed by atoms with E-state index in [1.807, 2.05) is 23.1 Å². The van der Waals surface area contributed by atoms with Crippen molar-refractivity contribution < 1.29 is 14.3 Å². The first-order valence-electron chi connectivity index (χ1n) is 9.19. The van der Waals surface area contributed by atoms with Crippen LogP contribution < -0.4 is 0 Å². The van der Waals surface area contributed by atoms with Crippen LogP contribution >= 0.6 is 0 Å². The maximum atomic E-state index is 12.6. The van der Waals surface area contributed by atoms with Crippen molar-refractivity contribution in [3.8, 4) is 0 Å². The molecule has 0 aliphatic carbocycles. The molecule has 136 valence electrons. The van der Waals surface area contributed by atoms with Crippen molar-refractivity contribution in [1.82, 2.24) is 4.90 Å². The van der Waals surface area contributed by atoms with Gasteiger partial charge >= 0.3 is 0 Å². The molecular weight excluding hydrogens is 326 g/mol. The van der Waals surface area contributed by atoms with Gasteiger partial charge in [-0.15, -0.1) is 0 Å². The van der Waals surface area contributed by atoms with Crippen LogP contribution in [0.25, 0.3) is 0 Å². The van der Waals surface area contributed by atoms with E-state index in [9.17, 15) is 9.59 Å². The zero-order valence-corrected chi connectivity index (χ0v) is 15.2. The third-order valence-corrected chi connectivity index (χ3v) is 4.85. The Balaban J connectivity index is 1.44. The molecule has 1 saturated heterocycles.